The second kappa shape index (κ2) is 11.1. The zero-order chi connectivity index (χ0) is 26.8. The normalized spacial score (nSPS) is 14.7. The number of halogens is 1. The number of aromatic amines is 1. The lowest BCUT2D eigenvalue weighted by Crippen LogP contribution is -2.39. The van der Waals surface area contributed by atoms with Crippen LogP contribution in [0.4, 0.5) is 5.69 Å². The summed E-state index contributed by atoms with van der Waals surface area (Å²) in [7, 11) is 3.59. The number of anilines is 1. The van der Waals surface area contributed by atoms with Gasteiger partial charge >= 0.3 is 0 Å². The maximum Gasteiger partial charge on any atom is 0.257 e. The van der Waals surface area contributed by atoms with E-state index in [4.69, 9.17) is 9.72 Å². The molecule has 5 rings (SSSR count). The van der Waals surface area contributed by atoms with Gasteiger partial charge in [-0.1, -0.05) is 0 Å². The van der Waals surface area contributed by atoms with E-state index in [0.29, 0.717) is 17.4 Å². The molecular weight excluding hydrogens is 548 g/mol. The van der Waals surface area contributed by atoms with Gasteiger partial charge in [-0.3, -0.25) is 14.4 Å². The molecule has 0 spiro atoms. The minimum atomic E-state index is -0.174. The number of H-pyrrole nitrogens is 1. The molecule has 0 atom stereocenters. The van der Waals surface area contributed by atoms with Gasteiger partial charge in [-0.2, -0.15) is 5.10 Å². The van der Waals surface area contributed by atoms with Gasteiger partial charge in [-0.25, -0.2) is 9.97 Å². The zero-order valence-electron chi connectivity index (χ0n) is 22.1. The SMILES string of the molecule is CNC(=O)COc1ccc(-c2nc3ncc(Br)c(NC4CCN(Cc5c(C)nn(C)c5C)CC4)c3[nH]2)cc1. The molecule has 0 aliphatic carbocycles. The number of hydrogen-bond donors (Lipinski definition) is 3. The summed E-state index contributed by atoms with van der Waals surface area (Å²) >= 11 is 3.69. The summed E-state index contributed by atoms with van der Waals surface area (Å²) in [4.78, 5) is 26.6. The molecule has 10 nitrogen and oxygen atoms in total. The van der Waals surface area contributed by atoms with E-state index in [1.54, 1.807) is 13.2 Å². The van der Waals surface area contributed by atoms with E-state index in [0.717, 1.165) is 65.2 Å². The molecule has 3 aromatic heterocycles. The second-order valence-electron chi connectivity index (χ2n) is 9.72. The van der Waals surface area contributed by atoms with Crippen LogP contribution in [0.25, 0.3) is 22.6 Å². The van der Waals surface area contributed by atoms with Crippen LogP contribution in [0.1, 0.15) is 29.8 Å². The molecule has 1 aliphatic heterocycles. The number of ether oxygens (including phenoxy) is 1. The summed E-state index contributed by atoms with van der Waals surface area (Å²) in [5.41, 5.74) is 7.13. The van der Waals surface area contributed by atoms with Crippen molar-refractivity contribution in [1.82, 2.24) is 34.9 Å². The number of aromatic nitrogens is 5. The van der Waals surface area contributed by atoms with E-state index in [2.05, 4.69) is 60.4 Å². The van der Waals surface area contributed by atoms with Crippen molar-refractivity contribution in [2.24, 2.45) is 7.05 Å². The van der Waals surface area contributed by atoms with Crippen molar-refractivity contribution in [2.45, 2.75) is 39.3 Å². The van der Waals surface area contributed by atoms with Gasteiger partial charge in [-0.05, 0) is 66.9 Å². The summed E-state index contributed by atoms with van der Waals surface area (Å²) in [6, 6.07) is 7.85. The Morgan fingerprint density at radius 2 is 1.95 bits per heavy atom. The zero-order valence-corrected chi connectivity index (χ0v) is 23.7. The Balaban J connectivity index is 1.26. The number of pyridine rings is 1. The number of likely N-dealkylation sites (N-methyl/N-ethyl adjacent to an activating group) is 1. The number of piperidine rings is 1. The summed E-state index contributed by atoms with van der Waals surface area (Å²) < 4.78 is 8.38. The summed E-state index contributed by atoms with van der Waals surface area (Å²) in [6.07, 6.45) is 3.90. The number of amides is 1. The third-order valence-corrected chi connectivity index (χ3v) is 7.83. The number of carbonyl (C=O) groups is 1. The van der Waals surface area contributed by atoms with Crippen molar-refractivity contribution < 1.29 is 9.53 Å². The van der Waals surface area contributed by atoms with Gasteiger partial charge in [-0.15, -0.1) is 0 Å². The number of nitrogens with one attached hydrogen (secondary N) is 3. The van der Waals surface area contributed by atoms with Crippen LogP contribution in [0, 0.1) is 13.8 Å². The van der Waals surface area contributed by atoms with Gasteiger partial charge in [0.15, 0.2) is 12.3 Å². The van der Waals surface area contributed by atoms with Crippen LogP contribution >= 0.6 is 15.9 Å². The fraction of sp³-hybridized carbons (Fsp3) is 0.407. The summed E-state index contributed by atoms with van der Waals surface area (Å²) in [5.74, 6) is 1.17. The van der Waals surface area contributed by atoms with E-state index in [-0.39, 0.29) is 12.5 Å². The van der Waals surface area contributed by atoms with E-state index >= 15 is 0 Å². The average molecular weight is 582 g/mol. The van der Waals surface area contributed by atoms with Crippen LogP contribution in [0.2, 0.25) is 0 Å². The topological polar surface area (TPSA) is 113 Å². The third kappa shape index (κ3) is 5.53. The van der Waals surface area contributed by atoms with Crippen LogP contribution in [-0.2, 0) is 18.4 Å². The number of nitrogens with zero attached hydrogens (tertiary/aromatic N) is 5. The van der Waals surface area contributed by atoms with Gasteiger partial charge in [0.05, 0.1) is 15.9 Å². The van der Waals surface area contributed by atoms with Crippen molar-refractivity contribution >= 4 is 38.7 Å². The summed E-state index contributed by atoms with van der Waals surface area (Å²) in [5, 5.41) is 10.9. The molecule has 200 valence electrons. The number of fused-ring (bicyclic) bond motifs is 1. The second-order valence-corrected chi connectivity index (χ2v) is 10.6. The molecular formula is C27H33BrN8O2. The lowest BCUT2D eigenvalue weighted by atomic mass is 10.0. The monoisotopic (exact) mass is 580 g/mol. The Morgan fingerprint density at radius 3 is 2.61 bits per heavy atom. The first-order valence-electron chi connectivity index (χ1n) is 12.8. The standard InChI is InChI=1S/C27H33BrN8O2/c1-16-21(17(2)35(4)34-16)14-36-11-9-19(10-12-36)31-24-22(28)13-30-27-25(24)32-26(33-27)18-5-7-20(8-6-18)38-15-23(37)29-3/h5-8,13,19H,9-12,14-15H2,1-4H3,(H,29,37)(H2,30,31,32,33). The third-order valence-electron chi connectivity index (χ3n) is 7.23. The molecule has 4 aromatic rings. The molecule has 4 heterocycles. The Bertz CT molecular complexity index is 1440. The van der Waals surface area contributed by atoms with Crippen molar-refractivity contribution in [3.63, 3.8) is 0 Å². The number of imidazole rings is 1. The molecule has 0 unspecified atom stereocenters. The minimum Gasteiger partial charge on any atom is -0.484 e. The number of benzene rings is 1. The van der Waals surface area contributed by atoms with Gasteiger partial charge < -0.3 is 20.4 Å². The van der Waals surface area contributed by atoms with E-state index < -0.39 is 0 Å². The largest absolute Gasteiger partial charge is 0.484 e. The fourth-order valence-electron chi connectivity index (χ4n) is 4.85. The number of carbonyl (C=O) groups excluding carboxylic acids is 1. The van der Waals surface area contributed by atoms with Crippen molar-refractivity contribution in [2.75, 3.05) is 32.1 Å². The molecule has 38 heavy (non-hydrogen) atoms. The van der Waals surface area contributed by atoms with Crippen LogP contribution in [0.3, 0.4) is 0 Å². The molecule has 11 heteroatoms. The number of rotatable bonds is 8. The highest BCUT2D eigenvalue weighted by Crippen LogP contribution is 2.33. The van der Waals surface area contributed by atoms with Gasteiger partial charge in [0.1, 0.15) is 17.1 Å². The maximum atomic E-state index is 11.4. The van der Waals surface area contributed by atoms with Gasteiger partial charge in [0.2, 0.25) is 0 Å². The van der Waals surface area contributed by atoms with Gasteiger partial charge in [0, 0.05) is 62.8 Å². The molecule has 1 saturated heterocycles. The molecule has 3 N–H and O–H groups in total. The molecule has 1 aromatic carbocycles. The quantitative estimate of drug-likeness (QED) is 0.289. The van der Waals surface area contributed by atoms with Crippen LogP contribution in [-0.4, -0.2) is 68.3 Å². The Kier molecular flexibility index (Phi) is 7.66. The van der Waals surface area contributed by atoms with Crippen LogP contribution < -0.4 is 15.4 Å². The lowest BCUT2D eigenvalue weighted by Gasteiger charge is -2.33. The Labute approximate surface area is 230 Å². The number of likely N-dealkylation sites (tertiary alicyclic amines) is 1. The smallest absolute Gasteiger partial charge is 0.257 e. The lowest BCUT2D eigenvalue weighted by molar-refractivity contribution is -0.122. The molecule has 0 bridgehead atoms. The summed E-state index contributed by atoms with van der Waals surface area (Å²) in [6.45, 7) is 7.22. The fourth-order valence-corrected chi connectivity index (χ4v) is 5.27. The first-order valence-corrected chi connectivity index (χ1v) is 13.6. The van der Waals surface area contributed by atoms with Gasteiger partial charge in [0.25, 0.3) is 5.91 Å². The van der Waals surface area contributed by atoms with Crippen LogP contribution in [0.15, 0.2) is 34.9 Å². The van der Waals surface area contributed by atoms with Crippen molar-refractivity contribution in [1.29, 1.82) is 0 Å². The van der Waals surface area contributed by atoms with E-state index in [9.17, 15) is 4.79 Å². The number of hydrogen-bond acceptors (Lipinski definition) is 7. The molecule has 0 radical (unpaired) electrons. The highest BCUT2D eigenvalue weighted by molar-refractivity contribution is 9.10. The molecule has 1 aliphatic rings. The predicted octanol–water partition coefficient (Wildman–Crippen LogP) is 3.94. The predicted molar refractivity (Wildman–Crippen MR) is 151 cm³/mol. The van der Waals surface area contributed by atoms with Crippen molar-refractivity contribution in [3.05, 3.63) is 51.9 Å². The van der Waals surface area contributed by atoms with Crippen LogP contribution in [0.5, 0.6) is 5.75 Å². The van der Waals surface area contributed by atoms with E-state index in [1.165, 1.54) is 11.3 Å². The van der Waals surface area contributed by atoms with E-state index in [1.807, 2.05) is 36.0 Å². The first-order chi connectivity index (χ1) is 18.3. The first kappa shape index (κ1) is 26.2. The average Bonchev–Trinajstić information content (AvgIpc) is 3.46. The maximum absolute atomic E-state index is 11.4. The highest BCUT2D eigenvalue weighted by Gasteiger charge is 2.23. The minimum absolute atomic E-state index is 0.0187. The number of aryl methyl sites for hydroxylation is 2. The molecule has 1 fully saturated rings. The Morgan fingerprint density at radius 1 is 1.21 bits per heavy atom. The van der Waals surface area contributed by atoms with Crippen molar-refractivity contribution in [3.8, 4) is 17.1 Å². The molecule has 1 amide bonds. The molecule has 0 saturated carbocycles. The highest BCUT2D eigenvalue weighted by atomic mass is 79.9. The Hall–Kier alpha value is -3.44.